The maximum atomic E-state index is 12.2. The molecule has 22 heavy (non-hydrogen) atoms. The standard InChI is InChI=1S/C19H22N2O/c1-14(19(22)21-17-12-13-17)20-18(15-8-4-2-5-9-15)16-10-6-3-7-11-16/h2-11,14,17-18,20H,12-13H2,1H3,(H,21,22)/t14-/m1/s1. The van der Waals surface area contributed by atoms with Gasteiger partial charge in [0.15, 0.2) is 0 Å². The van der Waals surface area contributed by atoms with Crippen molar-refractivity contribution in [2.24, 2.45) is 0 Å². The number of hydrogen-bond acceptors (Lipinski definition) is 2. The predicted octanol–water partition coefficient (Wildman–Crippen LogP) is 3.03. The molecule has 1 aliphatic carbocycles. The van der Waals surface area contributed by atoms with Gasteiger partial charge >= 0.3 is 0 Å². The Hall–Kier alpha value is -2.13. The van der Waals surface area contributed by atoms with Crippen molar-refractivity contribution in [2.75, 3.05) is 0 Å². The van der Waals surface area contributed by atoms with Crippen LogP contribution >= 0.6 is 0 Å². The Bertz CT molecular complexity index is 568. The number of hydrogen-bond donors (Lipinski definition) is 2. The first-order valence-corrected chi connectivity index (χ1v) is 7.90. The molecule has 3 rings (SSSR count). The summed E-state index contributed by atoms with van der Waals surface area (Å²) in [5.74, 6) is 0.0827. The number of benzene rings is 2. The van der Waals surface area contributed by atoms with E-state index >= 15 is 0 Å². The van der Waals surface area contributed by atoms with E-state index in [1.54, 1.807) is 0 Å². The number of nitrogens with one attached hydrogen (secondary N) is 2. The maximum Gasteiger partial charge on any atom is 0.237 e. The van der Waals surface area contributed by atoms with Crippen LogP contribution in [0, 0.1) is 0 Å². The molecule has 2 aromatic carbocycles. The van der Waals surface area contributed by atoms with Crippen LogP contribution in [0.1, 0.15) is 36.9 Å². The van der Waals surface area contributed by atoms with Crippen LogP contribution in [0.25, 0.3) is 0 Å². The monoisotopic (exact) mass is 294 g/mol. The summed E-state index contributed by atoms with van der Waals surface area (Å²) in [5, 5.41) is 6.53. The molecule has 0 heterocycles. The van der Waals surface area contributed by atoms with E-state index in [0.29, 0.717) is 6.04 Å². The molecule has 114 valence electrons. The number of amides is 1. The minimum atomic E-state index is -0.231. The zero-order valence-electron chi connectivity index (χ0n) is 12.8. The first-order chi connectivity index (χ1) is 10.7. The molecule has 0 radical (unpaired) electrons. The fourth-order valence-electron chi connectivity index (χ4n) is 2.56. The first kappa shape index (κ1) is 14.8. The largest absolute Gasteiger partial charge is 0.352 e. The molecule has 3 nitrogen and oxygen atoms in total. The molecule has 1 fully saturated rings. The Labute approximate surface area is 131 Å². The third kappa shape index (κ3) is 3.74. The van der Waals surface area contributed by atoms with Gasteiger partial charge in [0.05, 0.1) is 12.1 Å². The van der Waals surface area contributed by atoms with Gasteiger partial charge in [0.25, 0.3) is 0 Å². The summed E-state index contributed by atoms with van der Waals surface area (Å²) >= 11 is 0. The molecule has 0 aliphatic heterocycles. The summed E-state index contributed by atoms with van der Waals surface area (Å²) in [6.07, 6.45) is 2.22. The minimum absolute atomic E-state index is 0.0161. The van der Waals surface area contributed by atoms with Crippen molar-refractivity contribution < 1.29 is 4.79 Å². The third-order valence-electron chi connectivity index (χ3n) is 4.00. The number of rotatable bonds is 6. The van der Waals surface area contributed by atoms with Gasteiger partial charge in [0, 0.05) is 6.04 Å². The number of carbonyl (C=O) groups is 1. The highest BCUT2D eigenvalue weighted by molar-refractivity contribution is 5.82. The summed E-state index contributed by atoms with van der Waals surface area (Å²) in [7, 11) is 0. The van der Waals surface area contributed by atoms with Gasteiger partial charge in [-0.15, -0.1) is 0 Å². The van der Waals surface area contributed by atoms with E-state index in [1.807, 2.05) is 43.3 Å². The van der Waals surface area contributed by atoms with Gasteiger partial charge in [-0.2, -0.15) is 0 Å². The molecular formula is C19H22N2O. The van der Waals surface area contributed by atoms with Gasteiger partial charge in [-0.25, -0.2) is 0 Å². The smallest absolute Gasteiger partial charge is 0.237 e. The van der Waals surface area contributed by atoms with E-state index in [4.69, 9.17) is 0 Å². The molecule has 2 N–H and O–H groups in total. The van der Waals surface area contributed by atoms with E-state index in [0.717, 1.165) is 12.8 Å². The van der Waals surface area contributed by atoms with E-state index in [2.05, 4.69) is 34.9 Å². The van der Waals surface area contributed by atoms with Gasteiger partial charge in [0.1, 0.15) is 0 Å². The molecule has 1 atom stereocenters. The summed E-state index contributed by atoms with van der Waals surface area (Å²) in [6.45, 7) is 1.93. The van der Waals surface area contributed by atoms with Crippen LogP contribution in [-0.4, -0.2) is 18.0 Å². The Morgan fingerprint density at radius 2 is 1.45 bits per heavy atom. The Morgan fingerprint density at radius 1 is 0.955 bits per heavy atom. The topological polar surface area (TPSA) is 41.1 Å². The van der Waals surface area contributed by atoms with Crippen molar-refractivity contribution in [3.63, 3.8) is 0 Å². The van der Waals surface area contributed by atoms with Crippen LogP contribution in [0.2, 0.25) is 0 Å². The van der Waals surface area contributed by atoms with Crippen molar-refractivity contribution in [3.8, 4) is 0 Å². The molecule has 2 aromatic rings. The fourth-order valence-corrected chi connectivity index (χ4v) is 2.56. The van der Waals surface area contributed by atoms with Gasteiger partial charge in [-0.1, -0.05) is 60.7 Å². The third-order valence-corrected chi connectivity index (χ3v) is 4.00. The lowest BCUT2D eigenvalue weighted by Crippen LogP contribution is -2.44. The minimum Gasteiger partial charge on any atom is -0.352 e. The normalized spacial score (nSPS) is 15.5. The number of carbonyl (C=O) groups excluding carboxylic acids is 1. The molecule has 1 amide bonds. The lowest BCUT2D eigenvalue weighted by molar-refractivity contribution is -0.123. The van der Waals surface area contributed by atoms with Gasteiger partial charge in [0.2, 0.25) is 5.91 Å². The summed E-state index contributed by atoms with van der Waals surface area (Å²) < 4.78 is 0. The zero-order valence-corrected chi connectivity index (χ0v) is 12.8. The average molecular weight is 294 g/mol. The quantitative estimate of drug-likeness (QED) is 0.860. The molecule has 1 aliphatic rings. The van der Waals surface area contributed by atoms with Crippen molar-refractivity contribution in [1.82, 2.24) is 10.6 Å². The predicted molar refractivity (Wildman–Crippen MR) is 88.5 cm³/mol. The van der Waals surface area contributed by atoms with Gasteiger partial charge in [-0.05, 0) is 30.9 Å². The molecule has 0 unspecified atom stereocenters. The van der Waals surface area contributed by atoms with E-state index in [9.17, 15) is 4.79 Å². The van der Waals surface area contributed by atoms with Crippen molar-refractivity contribution in [1.29, 1.82) is 0 Å². The molecule has 0 bridgehead atoms. The van der Waals surface area contributed by atoms with Crippen molar-refractivity contribution in [2.45, 2.75) is 37.9 Å². The summed E-state index contributed by atoms with van der Waals surface area (Å²) in [4.78, 5) is 12.2. The fraction of sp³-hybridized carbons (Fsp3) is 0.316. The lowest BCUT2D eigenvalue weighted by atomic mass is 9.98. The maximum absolute atomic E-state index is 12.2. The molecule has 0 spiro atoms. The average Bonchev–Trinajstić information content (AvgIpc) is 3.38. The van der Waals surface area contributed by atoms with Crippen molar-refractivity contribution >= 4 is 5.91 Å². The Balaban J connectivity index is 1.78. The van der Waals surface area contributed by atoms with Crippen molar-refractivity contribution in [3.05, 3.63) is 71.8 Å². The second-order valence-electron chi connectivity index (χ2n) is 5.93. The van der Waals surface area contributed by atoms with E-state index in [-0.39, 0.29) is 18.0 Å². The van der Waals surface area contributed by atoms with Crippen LogP contribution in [0.15, 0.2) is 60.7 Å². The molecule has 1 saturated carbocycles. The van der Waals surface area contributed by atoms with Crippen LogP contribution in [-0.2, 0) is 4.79 Å². The summed E-state index contributed by atoms with van der Waals surface area (Å²) in [6, 6.07) is 20.7. The van der Waals surface area contributed by atoms with Crippen LogP contribution in [0.5, 0.6) is 0 Å². The highest BCUT2D eigenvalue weighted by atomic mass is 16.2. The zero-order chi connectivity index (χ0) is 15.4. The van der Waals surface area contributed by atoms with E-state index < -0.39 is 0 Å². The van der Waals surface area contributed by atoms with Gasteiger partial charge < -0.3 is 5.32 Å². The second kappa shape index (κ2) is 6.75. The highest BCUT2D eigenvalue weighted by Gasteiger charge is 2.27. The molecule has 3 heteroatoms. The molecule has 0 saturated heterocycles. The van der Waals surface area contributed by atoms with Crippen LogP contribution in [0.3, 0.4) is 0 Å². The van der Waals surface area contributed by atoms with Crippen LogP contribution in [0.4, 0.5) is 0 Å². The highest BCUT2D eigenvalue weighted by Crippen LogP contribution is 2.23. The van der Waals surface area contributed by atoms with Crippen LogP contribution < -0.4 is 10.6 Å². The first-order valence-electron chi connectivity index (χ1n) is 7.90. The second-order valence-corrected chi connectivity index (χ2v) is 5.93. The SMILES string of the molecule is C[C@@H](NC(c1ccccc1)c1ccccc1)C(=O)NC1CC1. The molecule has 0 aromatic heterocycles. The summed E-state index contributed by atoms with van der Waals surface area (Å²) in [5.41, 5.74) is 2.33. The van der Waals surface area contributed by atoms with E-state index in [1.165, 1.54) is 11.1 Å². The lowest BCUT2D eigenvalue weighted by Gasteiger charge is -2.24. The molecular weight excluding hydrogens is 272 g/mol. The Kier molecular flexibility index (Phi) is 4.54. The van der Waals surface area contributed by atoms with Gasteiger partial charge in [-0.3, -0.25) is 10.1 Å². The Morgan fingerprint density at radius 3 is 1.91 bits per heavy atom.